The van der Waals surface area contributed by atoms with Crippen LogP contribution in [0.4, 0.5) is 0 Å². The number of aromatic nitrogens is 1. The molecule has 2 fully saturated rings. The molecule has 0 saturated carbocycles. The van der Waals surface area contributed by atoms with Crippen molar-refractivity contribution < 1.29 is 14.3 Å². The van der Waals surface area contributed by atoms with Crippen LogP contribution in [-0.4, -0.2) is 34.7 Å². The maximum atomic E-state index is 13.6. The zero-order chi connectivity index (χ0) is 22.9. The molecule has 3 aliphatic heterocycles. The zero-order valence-corrected chi connectivity index (χ0v) is 19.9. The van der Waals surface area contributed by atoms with E-state index in [0.717, 1.165) is 66.7 Å². The second kappa shape index (κ2) is 7.61. The lowest BCUT2D eigenvalue weighted by Crippen LogP contribution is -2.64. The number of aryl methyl sites for hydroxylation is 2. The van der Waals surface area contributed by atoms with Crippen LogP contribution in [0.1, 0.15) is 77.4 Å². The molecule has 176 valence electrons. The van der Waals surface area contributed by atoms with Crippen molar-refractivity contribution in [2.75, 3.05) is 13.1 Å². The van der Waals surface area contributed by atoms with Crippen LogP contribution in [0.3, 0.4) is 0 Å². The second-order valence-electron chi connectivity index (χ2n) is 10.7. The maximum absolute atomic E-state index is 13.6. The van der Waals surface area contributed by atoms with Gasteiger partial charge in [-0.05, 0) is 75.1 Å². The molecule has 2 aromatic carbocycles. The molecule has 3 atom stereocenters. The van der Waals surface area contributed by atoms with E-state index in [9.17, 15) is 4.79 Å². The van der Waals surface area contributed by atoms with Gasteiger partial charge in [-0.2, -0.15) is 0 Å². The molecule has 1 spiro atoms. The van der Waals surface area contributed by atoms with E-state index < -0.39 is 0 Å². The third kappa shape index (κ3) is 2.92. The number of rotatable bonds is 2. The topological polar surface area (TPSA) is 54.6 Å². The molecule has 1 aliphatic carbocycles. The quantitative estimate of drug-likeness (QED) is 0.492. The van der Waals surface area contributed by atoms with E-state index in [1.807, 2.05) is 13.0 Å². The number of aromatic amines is 1. The van der Waals surface area contributed by atoms with Crippen LogP contribution in [0.25, 0.3) is 10.9 Å². The summed E-state index contributed by atoms with van der Waals surface area (Å²) in [7, 11) is 0. The molecule has 0 bridgehead atoms. The lowest BCUT2D eigenvalue weighted by Gasteiger charge is -2.56. The summed E-state index contributed by atoms with van der Waals surface area (Å²) in [6.45, 7) is 4.26. The highest BCUT2D eigenvalue weighted by Crippen LogP contribution is 2.50. The minimum absolute atomic E-state index is 0.156. The molecule has 4 heterocycles. The minimum Gasteiger partial charge on any atom is -0.472 e. The lowest BCUT2D eigenvalue weighted by atomic mass is 9.74. The van der Waals surface area contributed by atoms with Crippen molar-refractivity contribution in [1.82, 2.24) is 9.88 Å². The summed E-state index contributed by atoms with van der Waals surface area (Å²) in [5.41, 5.74) is 6.04. The number of nitrogens with one attached hydrogen (secondary N) is 1. The van der Waals surface area contributed by atoms with Gasteiger partial charge in [0, 0.05) is 47.6 Å². The number of carbonyl (C=O) groups excluding carboxylic acids is 1. The maximum Gasteiger partial charge on any atom is 0.341 e. The molecule has 0 radical (unpaired) electrons. The van der Waals surface area contributed by atoms with Gasteiger partial charge in [0.1, 0.15) is 11.9 Å². The van der Waals surface area contributed by atoms with Crippen molar-refractivity contribution in [2.24, 2.45) is 5.92 Å². The van der Waals surface area contributed by atoms with Gasteiger partial charge in [0.05, 0.1) is 5.56 Å². The van der Waals surface area contributed by atoms with Crippen LogP contribution in [0.5, 0.6) is 5.75 Å². The molecular formula is C29H32N2O3. The predicted molar refractivity (Wildman–Crippen MR) is 131 cm³/mol. The molecule has 2 saturated heterocycles. The summed E-state index contributed by atoms with van der Waals surface area (Å²) in [4.78, 5) is 19.7. The number of esters is 1. The van der Waals surface area contributed by atoms with Gasteiger partial charge in [0.2, 0.25) is 0 Å². The number of benzene rings is 2. The number of hydrogen-bond acceptors (Lipinski definition) is 4. The summed E-state index contributed by atoms with van der Waals surface area (Å²) >= 11 is 0. The highest BCUT2D eigenvalue weighted by atomic mass is 16.5. The summed E-state index contributed by atoms with van der Waals surface area (Å²) in [5.74, 6) is 1.21. The Labute approximate surface area is 200 Å². The van der Waals surface area contributed by atoms with Crippen LogP contribution < -0.4 is 4.74 Å². The lowest BCUT2D eigenvalue weighted by molar-refractivity contribution is -0.177. The number of fused-ring (bicyclic) bond motifs is 4. The van der Waals surface area contributed by atoms with E-state index in [-0.39, 0.29) is 17.8 Å². The summed E-state index contributed by atoms with van der Waals surface area (Å²) < 4.78 is 13.1. The van der Waals surface area contributed by atoms with E-state index in [0.29, 0.717) is 11.5 Å². The molecule has 1 aromatic heterocycles. The standard InChI is InChI=1S/C29H32N2O3/c1-18-26(28(32)33-24-12-10-19-7-2-3-9-21(19)24)27-22-17-20-8-6-16-31-15-5-4-14-29(20,31)34-25(22)13-11-23(27)30-18/h2-3,7,9,11,13,20,24,30H,4-6,8,10,12,14-17H2,1H3/t20?,24-,29?/m0/s1. The van der Waals surface area contributed by atoms with Gasteiger partial charge in [-0.3, -0.25) is 4.90 Å². The third-order valence-electron chi connectivity index (χ3n) is 8.85. The Balaban J connectivity index is 1.28. The first-order valence-corrected chi connectivity index (χ1v) is 13.0. The fourth-order valence-electron chi connectivity index (χ4n) is 7.30. The fraction of sp³-hybridized carbons (Fsp3) is 0.483. The molecule has 3 aromatic rings. The van der Waals surface area contributed by atoms with Crippen molar-refractivity contribution in [3.05, 3.63) is 64.3 Å². The fourth-order valence-corrected chi connectivity index (χ4v) is 7.30. The van der Waals surface area contributed by atoms with E-state index in [4.69, 9.17) is 9.47 Å². The van der Waals surface area contributed by atoms with E-state index in [1.54, 1.807) is 0 Å². The normalized spacial score (nSPS) is 27.9. The molecule has 5 nitrogen and oxygen atoms in total. The molecule has 0 amide bonds. The summed E-state index contributed by atoms with van der Waals surface area (Å²) in [6.07, 6.45) is 8.64. The van der Waals surface area contributed by atoms with Crippen LogP contribution in [0.15, 0.2) is 36.4 Å². The number of nitrogens with zero attached hydrogens (tertiary/aromatic N) is 1. The number of hydrogen-bond donors (Lipinski definition) is 1. The molecule has 7 rings (SSSR count). The Morgan fingerprint density at radius 3 is 2.94 bits per heavy atom. The third-order valence-corrected chi connectivity index (χ3v) is 8.85. The van der Waals surface area contributed by atoms with Gasteiger partial charge >= 0.3 is 5.97 Å². The van der Waals surface area contributed by atoms with Crippen LogP contribution in [0.2, 0.25) is 0 Å². The van der Waals surface area contributed by atoms with Gasteiger partial charge in [-0.1, -0.05) is 24.3 Å². The van der Waals surface area contributed by atoms with Gasteiger partial charge in [0.15, 0.2) is 5.72 Å². The average Bonchev–Trinajstić information content (AvgIpc) is 3.42. The monoisotopic (exact) mass is 456 g/mol. The van der Waals surface area contributed by atoms with Crippen molar-refractivity contribution in [2.45, 2.75) is 70.1 Å². The number of carbonyl (C=O) groups is 1. The minimum atomic E-state index is -0.220. The van der Waals surface area contributed by atoms with Crippen molar-refractivity contribution in [1.29, 1.82) is 0 Å². The summed E-state index contributed by atoms with van der Waals surface area (Å²) in [5, 5.41) is 1.01. The van der Waals surface area contributed by atoms with Gasteiger partial charge in [0.25, 0.3) is 0 Å². The first-order valence-electron chi connectivity index (χ1n) is 13.0. The molecule has 2 unspecified atom stereocenters. The molecule has 5 heteroatoms. The largest absolute Gasteiger partial charge is 0.472 e. The second-order valence-corrected chi connectivity index (χ2v) is 10.7. The van der Waals surface area contributed by atoms with Crippen molar-refractivity contribution >= 4 is 16.9 Å². The highest BCUT2D eigenvalue weighted by Gasteiger charge is 2.52. The van der Waals surface area contributed by atoms with E-state index >= 15 is 0 Å². The average molecular weight is 457 g/mol. The van der Waals surface area contributed by atoms with Crippen LogP contribution in [-0.2, 0) is 17.6 Å². The number of H-pyrrole nitrogens is 1. The Morgan fingerprint density at radius 1 is 1.12 bits per heavy atom. The molecule has 4 aliphatic rings. The molecule has 34 heavy (non-hydrogen) atoms. The summed E-state index contributed by atoms with van der Waals surface area (Å²) in [6, 6.07) is 12.5. The Hall–Kier alpha value is -2.79. The smallest absolute Gasteiger partial charge is 0.341 e. The van der Waals surface area contributed by atoms with Crippen LogP contribution >= 0.6 is 0 Å². The first-order chi connectivity index (χ1) is 16.6. The van der Waals surface area contributed by atoms with E-state index in [2.05, 4.69) is 40.2 Å². The molecule has 1 N–H and O–H groups in total. The van der Waals surface area contributed by atoms with Gasteiger partial charge in [-0.15, -0.1) is 0 Å². The Morgan fingerprint density at radius 2 is 2.00 bits per heavy atom. The SMILES string of the molecule is Cc1[nH]c2ccc3c(c2c1C(=O)O[C@H]1CCc2ccccc21)CC1CCCN2CCCCC12O3. The van der Waals surface area contributed by atoms with Gasteiger partial charge < -0.3 is 14.5 Å². The van der Waals surface area contributed by atoms with Crippen LogP contribution in [0, 0.1) is 12.8 Å². The highest BCUT2D eigenvalue weighted by molar-refractivity contribution is 6.07. The number of ether oxygens (including phenoxy) is 2. The number of piperidine rings is 2. The van der Waals surface area contributed by atoms with Crippen molar-refractivity contribution in [3.8, 4) is 5.75 Å². The molecular weight excluding hydrogens is 424 g/mol. The Bertz CT molecular complexity index is 1290. The van der Waals surface area contributed by atoms with Gasteiger partial charge in [-0.25, -0.2) is 4.79 Å². The predicted octanol–water partition coefficient (Wildman–Crippen LogP) is 5.85. The zero-order valence-electron chi connectivity index (χ0n) is 19.9. The van der Waals surface area contributed by atoms with E-state index in [1.165, 1.54) is 36.8 Å². The van der Waals surface area contributed by atoms with Crippen molar-refractivity contribution in [3.63, 3.8) is 0 Å². The first kappa shape index (κ1) is 20.6. The Kier molecular flexibility index (Phi) is 4.60.